The highest BCUT2D eigenvalue weighted by Crippen LogP contribution is 2.41. The van der Waals surface area contributed by atoms with Crippen LogP contribution in [-0.4, -0.2) is 20.1 Å². The van der Waals surface area contributed by atoms with E-state index in [0.29, 0.717) is 27.9 Å². The van der Waals surface area contributed by atoms with Crippen LogP contribution in [0.1, 0.15) is 29.1 Å². The highest BCUT2D eigenvalue weighted by molar-refractivity contribution is 6.05. The van der Waals surface area contributed by atoms with Crippen molar-refractivity contribution in [3.05, 3.63) is 65.4 Å². The molecule has 0 fully saturated rings. The van der Waals surface area contributed by atoms with Gasteiger partial charge in [0.2, 0.25) is 0 Å². The molecule has 0 bridgehead atoms. The first-order valence-corrected chi connectivity index (χ1v) is 9.54. The van der Waals surface area contributed by atoms with Gasteiger partial charge in [0, 0.05) is 16.5 Å². The predicted molar refractivity (Wildman–Crippen MR) is 111 cm³/mol. The number of fused-ring (bicyclic) bond motifs is 2. The first kappa shape index (κ1) is 18.4. The number of aromatic amines is 1. The molecular formula is C23H18F2N4O. The second-order valence-electron chi connectivity index (χ2n) is 7.34. The summed E-state index contributed by atoms with van der Waals surface area (Å²) >= 11 is 0. The quantitative estimate of drug-likeness (QED) is 0.383. The zero-order valence-electron chi connectivity index (χ0n) is 16.6. The summed E-state index contributed by atoms with van der Waals surface area (Å²) < 4.78 is 33.0. The molecule has 5 aromatic rings. The van der Waals surface area contributed by atoms with E-state index < -0.39 is 6.43 Å². The van der Waals surface area contributed by atoms with Gasteiger partial charge in [-0.05, 0) is 55.7 Å². The van der Waals surface area contributed by atoms with Crippen LogP contribution in [-0.2, 0) is 0 Å². The van der Waals surface area contributed by atoms with E-state index in [1.54, 1.807) is 25.4 Å². The number of rotatable bonds is 3. The minimum absolute atomic E-state index is 0.213. The molecule has 0 aliphatic carbocycles. The van der Waals surface area contributed by atoms with E-state index in [-0.39, 0.29) is 5.69 Å². The number of hydrogen-bond donors (Lipinski definition) is 1. The minimum atomic E-state index is -2.67. The maximum absolute atomic E-state index is 13.8. The Hall–Kier alpha value is -3.61. The highest BCUT2D eigenvalue weighted by Gasteiger charge is 2.23. The molecule has 5 nitrogen and oxygen atoms in total. The van der Waals surface area contributed by atoms with Crippen molar-refractivity contribution in [2.75, 3.05) is 0 Å². The number of H-pyrrole nitrogens is 1. The average Bonchev–Trinajstić information content (AvgIpc) is 3.33. The van der Waals surface area contributed by atoms with Gasteiger partial charge in [-0.15, -0.1) is 0 Å². The number of nitrogens with one attached hydrogen (secondary N) is 1. The van der Waals surface area contributed by atoms with Crippen LogP contribution in [0, 0.1) is 20.8 Å². The SMILES string of the molecule is Cc1noc(C)c1-c1cc(-c2c(C)c(C(F)F)nc3ccccc23)c2nc[nH]c2c1. The smallest absolute Gasteiger partial charge is 0.280 e. The molecule has 7 heteroatoms. The van der Waals surface area contributed by atoms with E-state index in [1.165, 1.54) is 0 Å². The van der Waals surface area contributed by atoms with E-state index in [4.69, 9.17) is 4.52 Å². The summed E-state index contributed by atoms with van der Waals surface area (Å²) in [5, 5.41) is 4.86. The monoisotopic (exact) mass is 404 g/mol. The van der Waals surface area contributed by atoms with Crippen molar-refractivity contribution in [2.45, 2.75) is 27.2 Å². The molecule has 2 aromatic carbocycles. The number of halogens is 2. The van der Waals surface area contributed by atoms with Gasteiger partial charge in [0.05, 0.1) is 28.6 Å². The molecule has 0 saturated carbocycles. The maximum atomic E-state index is 13.8. The number of aryl methyl sites for hydroxylation is 2. The first-order valence-electron chi connectivity index (χ1n) is 9.54. The maximum Gasteiger partial charge on any atom is 0.280 e. The Morgan fingerprint density at radius 3 is 2.57 bits per heavy atom. The van der Waals surface area contributed by atoms with Gasteiger partial charge in [0.1, 0.15) is 11.5 Å². The van der Waals surface area contributed by atoms with E-state index >= 15 is 0 Å². The second kappa shape index (κ2) is 6.73. The minimum Gasteiger partial charge on any atom is -0.361 e. The van der Waals surface area contributed by atoms with Crippen molar-refractivity contribution in [3.63, 3.8) is 0 Å². The van der Waals surface area contributed by atoms with Gasteiger partial charge in [0.25, 0.3) is 6.43 Å². The van der Waals surface area contributed by atoms with E-state index in [9.17, 15) is 8.78 Å². The summed E-state index contributed by atoms with van der Waals surface area (Å²) in [5.41, 5.74) is 6.30. The lowest BCUT2D eigenvalue weighted by atomic mass is 9.91. The number of para-hydroxylation sites is 1. The van der Waals surface area contributed by atoms with Gasteiger partial charge in [0.15, 0.2) is 0 Å². The molecule has 0 radical (unpaired) electrons. The summed E-state index contributed by atoms with van der Waals surface area (Å²) in [4.78, 5) is 11.9. The Balaban J connectivity index is 1.92. The fourth-order valence-electron chi connectivity index (χ4n) is 4.17. The third kappa shape index (κ3) is 2.69. The lowest BCUT2D eigenvalue weighted by Crippen LogP contribution is -2.00. The summed E-state index contributed by atoms with van der Waals surface area (Å²) in [6, 6.07) is 11.3. The fourth-order valence-corrected chi connectivity index (χ4v) is 4.17. The third-order valence-corrected chi connectivity index (χ3v) is 5.50. The van der Waals surface area contributed by atoms with Crippen molar-refractivity contribution in [1.82, 2.24) is 20.1 Å². The van der Waals surface area contributed by atoms with Crippen molar-refractivity contribution >= 4 is 21.9 Å². The molecule has 0 spiro atoms. The summed E-state index contributed by atoms with van der Waals surface area (Å²) in [6.07, 6.45) is -1.06. The Labute approximate surface area is 170 Å². The number of hydrogen-bond acceptors (Lipinski definition) is 4. The van der Waals surface area contributed by atoms with E-state index in [0.717, 1.165) is 33.3 Å². The molecule has 1 N–H and O–H groups in total. The normalized spacial score (nSPS) is 11.8. The largest absolute Gasteiger partial charge is 0.361 e. The van der Waals surface area contributed by atoms with Crippen molar-refractivity contribution in [3.8, 4) is 22.3 Å². The van der Waals surface area contributed by atoms with Crippen LogP contribution >= 0.6 is 0 Å². The van der Waals surface area contributed by atoms with Crippen LogP contribution in [0.25, 0.3) is 44.2 Å². The van der Waals surface area contributed by atoms with Crippen LogP contribution in [0.3, 0.4) is 0 Å². The van der Waals surface area contributed by atoms with Crippen LogP contribution in [0.5, 0.6) is 0 Å². The van der Waals surface area contributed by atoms with Crippen LogP contribution in [0.2, 0.25) is 0 Å². The second-order valence-corrected chi connectivity index (χ2v) is 7.34. The summed E-state index contributed by atoms with van der Waals surface area (Å²) in [6.45, 7) is 5.43. The molecule has 0 unspecified atom stereocenters. The average molecular weight is 404 g/mol. The molecule has 0 amide bonds. The summed E-state index contributed by atoms with van der Waals surface area (Å²) in [5.74, 6) is 0.696. The first-order chi connectivity index (χ1) is 14.5. The van der Waals surface area contributed by atoms with Crippen LogP contribution in [0.15, 0.2) is 47.2 Å². The molecule has 0 aliphatic rings. The highest BCUT2D eigenvalue weighted by atomic mass is 19.3. The number of nitrogens with zero attached hydrogens (tertiary/aromatic N) is 3. The van der Waals surface area contributed by atoms with Crippen LogP contribution in [0.4, 0.5) is 8.78 Å². The standard InChI is InChI=1S/C23H18F2N4O/c1-11-19(15-6-4-5-7-17(15)28-21(11)23(24)25)16-8-14(9-18-22(16)27-10-26-18)20-12(2)29-30-13(20)3/h4-10,23H,1-3H3,(H,26,27). The Morgan fingerprint density at radius 2 is 1.83 bits per heavy atom. The molecule has 3 aromatic heterocycles. The third-order valence-electron chi connectivity index (χ3n) is 5.50. The molecule has 5 rings (SSSR count). The Morgan fingerprint density at radius 1 is 1.03 bits per heavy atom. The molecular weight excluding hydrogens is 386 g/mol. The number of imidazole rings is 1. The molecule has 0 saturated heterocycles. The molecule has 0 aliphatic heterocycles. The van der Waals surface area contributed by atoms with Gasteiger partial charge in [-0.25, -0.2) is 18.7 Å². The fraction of sp³-hybridized carbons (Fsp3) is 0.174. The zero-order chi connectivity index (χ0) is 21.0. The van der Waals surface area contributed by atoms with Crippen molar-refractivity contribution in [2.24, 2.45) is 0 Å². The van der Waals surface area contributed by atoms with E-state index in [1.807, 2.05) is 38.1 Å². The number of alkyl halides is 2. The van der Waals surface area contributed by atoms with Gasteiger partial charge in [-0.1, -0.05) is 23.4 Å². The summed E-state index contributed by atoms with van der Waals surface area (Å²) in [7, 11) is 0. The number of pyridine rings is 1. The molecule has 150 valence electrons. The molecule has 3 heterocycles. The molecule has 30 heavy (non-hydrogen) atoms. The van der Waals surface area contributed by atoms with E-state index in [2.05, 4.69) is 20.1 Å². The van der Waals surface area contributed by atoms with Crippen LogP contribution < -0.4 is 0 Å². The predicted octanol–water partition coefficient (Wildman–Crippen LogP) is 6.30. The lowest BCUT2D eigenvalue weighted by molar-refractivity contribution is 0.145. The van der Waals surface area contributed by atoms with Crippen molar-refractivity contribution in [1.29, 1.82) is 0 Å². The van der Waals surface area contributed by atoms with Crippen molar-refractivity contribution < 1.29 is 13.3 Å². The van der Waals surface area contributed by atoms with Gasteiger partial charge >= 0.3 is 0 Å². The lowest BCUT2D eigenvalue weighted by Gasteiger charge is -2.16. The Kier molecular flexibility index (Phi) is 4.13. The molecule has 0 atom stereocenters. The zero-order valence-corrected chi connectivity index (χ0v) is 16.6. The topological polar surface area (TPSA) is 67.6 Å². The number of aromatic nitrogens is 4. The Bertz CT molecular complexity index is 1400. The van der Waals surface area contributed by atoms with Gasteiger partial charge in [-0.2, -0.15) is 0 Å². The van der Waals surface area contributed by atoms with Gasteiger partial charge in [-0.3, -0.25) is 0 Å². The van der Waals surface area contributed by atoms with Gasteiger partial charge < -0.3 is 9.51 Å². The number of benzene rings is 2.